The fourth-order valence-electron chi connectivity index (χ4n) is 5.24. The molecule has 0 fully saturated rings. The van der Waals surface area contributed by atoms with Crippen LogP contribution in [0.4, 0.5) is 43.4 Å². The van der Waals surface area contributed by atoms with Crippen molar-refractivity contribution in [2.75, 3.05) is 4.90 Å². The summed E-state index contributed by atoms with van der Waals surface area (Å²) in [7, 11) is 0. The van der Waals surface area contributed by atoms with Crippen LogP contribution in [0, 0.1) is 34.9 Å². The van der Waals surface area contributed by atoms with Crippen molar-refractivity contribution in [3.63, 3.8) is 0 Å². The van der Waals surface area contributed by atoms with Gasteiger partial charge in [-0.25, -0.2) is 26.3 Å². The maximum absolute atomic E-state index is 13.6. The topological polar surface area (TPSA) is 3.24 Å². The smallest absolute Gasteiger partial charge is 0.126 e. The molecule has 6 aromatic rings. The molecule has 49 heavy (non-hydrogen) atoms. The second-order valence-corrected chi connectivity index (χ2v) is 11.2. The minimum atomic E-state index is -0.653. The lowest BCUT2D eigenvalue weighted by atomic mass is 10.1. The lowest BCUT2D eigenvalue weighted by Gasteiger charge is -2.26. The minimum absolute atomic E-state index is 0.400. The fourth-order valence-corrected chi connectivity index (χ4v) is 5.24. The Morgan fingerprint density at radius 1 is 0.265 bits per heavy atom. The average Bonchev–Trinajstić information content (AvgIpc) is 3.06. The van der Waals surface area contributed by atoms with Crippen molar-refractivity contribution in [1.82, 2.24) is 0 Å². The Morgan fingerprint density at radius 2 is 0.469 bits per heavy atom. The molecule has 0 aliphatic rings. The van der Waals surface area contributed by atoms with Crippen molar-refractivity contribution in [2.24, 2.45) is 0 Å². The first-order valence-corrected chi connectivity index (χ1v) is 15.2. The van der Waals surface area contributed by atoms with E-state index in [4.69, 9.17) is 0 Å². The minimum Gasteiger partial charge on any atom is -0.311 e. The molecule has 0 unspecified atom stereocenters. The van der Waals surface area contributed by atoms with Crippen LogP contribution in [0.5, 0.6) is 0 Å². The molecule has 0 amide bonds. The maximum Gasteiger partial charge on any atom is 0.126 e. The molecule has 1 nitrogen and oxygen atoms in total. The van der Waals surface area contributed by atoms with Crippen LogP contribution in [0.3, 0.4) is 0 Å². The number of nitrogens with zero attached hydrogens (tertiary/aromatic N) is 1. The summed E-state index contributed by atoms with van der Waals surface area (Å²) < 4.78 is 81.8. The molecule has 0 aliphatic heterocycles. The molecule has 7 heteroatoms. The number of rotatable bonds is 9. The Hall–Kier alpha value is -6.08. The normalized spacial score (nSPS) is 11.6. The summed E-state index contributed by atoms with van der Waals surface area (Å²) in [6.07, 6.45) is 10.2. The Labute approximate surface area is 280 Å². The van der Waals surface area contributed by atoms with E-state index in [9.17, 15) is 26.3 Å². The quantitative estimate of drug-likeness (QED) is 0.110. The number of halogens is 6. The molecule has 6 aromatic carbocycles. The van der Waals surface area contributed by atoms with E-state index in [1.165, 1.54) is 36.4 Å². The van der Waals surface area contributed by atoms with Gasteiger partial charge in [0.25, 0.3) is 0 Å². The van der Waals surface area contributed by atoms with Gasteiger partial charge in [-0.05, 0) is 106 Å². The van der Waals surface area contributed by atoms with Crippen LogP contribution in [-0.2, 0) is 0 Å². The van der Waals surface area contributed by atoms with Gasteiger partial charge in [0, 0.05) is 35.3 Å². The number of hydrogen-bond donors (Lipinski definition) is 0. The van der Waals surface area contributed by atoms with Crippen molar-refractivity contribution >= 4 is 53.5 Å². The van der Waals surface area contributed by atoms with Gasteiger partial charge >= 0.3 is 0 Å². The Bertz CT molecular complexity index is 1860. The van der Waals surface area contributed by atoms with Crippen LogP contribution in [0.15, 0.2) is 127 Å². The van der Waals surface area contributed by atoms with Crippen molar-refractivity contribution in [3.8, 4) is 0 Å². The van der Waals surface area contributed by atoms with Gasteiger partial charge < -0.3 is 4.90 Å². The predicted molar refractivity (Wildman–Crippen MR) is 187 cm³/mol. The number of anilines is 3. The summed E-state index contributed by atoms with van der Waals surface area (Å²) >= 11 is 0. The average molecular weight is 660 g/mol. The standard InChI is InChI=1S/C42H27F6N/c43-34-19-31(20-35(44)25-34)4-1-28-7-13-40(14-8-28)49(41-15-9-29(10-16-41)2-5-32-21-36(45)26-37(46)22-32)42-17-11-30(12-18-42)3-6-33-23-38(47)27-39(48)24-33/h1-27H. The molecule has 0 bridgehead atoms. The molecule has 0 saturated heterocycles. The largest absolute Gasteiger partial charge is 0.311 e. The van der Waals surface area contributed by atoms with Gasteiger partial charge in [0.2, 0.25) is 0 Å². The summed E-state index contributed by atoms with van der Waals surface area (Å²) in [4.78, 5) is 2.03. The molecule has 0 heterocycles. The second-order valence-electron chi connectivity index (χ2n) is 11.2. The van der Waals surface area contributed by atoms with E-state index < -0.39 is 34.9 Å². The summed E-state index contributed by atoms with van der Waals surface area (Å²) in [5.74, 6) is -3.92. The van der Waals surface area contributed by atoms with Crippen LogP contribution in [0.2, 0.25) is 0 Å². The van der Waals surface area contributed by atoms with Crippen molar-refractivity contribution in [1.29, 1.82) is 0 Å². The lowest BCUT2D eigenvalue weighted by Crippen LogP contribution is -2.09. The SMILES string of the molecule is Fc1cc(F)cc(C=Cc2ccc(N(c3ccc(C=Cc4cc(F)cc(F)c4)cc3)c3ccc(C=Cc4cc(F)cc(F)c4)cc3)cc2)c1. The molecule has 6 rings (SSSR count). The van der Waals surface area contributed by atoms with Crippen LogP contribution >= 0.6 is 0 Å². The third-order valence-corrected chi connectivity index (χ3v) is 7.51. The second kappa shape index (κ2) is 14.8. The van der Waals surface area contributed by atoms with Crippen molar-refractivity contribution in [2.45, 2.75) is 0 Å². The van der Waals surface area contributed by atoms with Crippen molar-refractivity contribution < 1.29 is 26.3 Å². The monoisotopic (exact) mass is 659 g/mol. The molecule has 0 atom stereocenters. The molecule has 0 spiro atoms. The van der Waals surface area contributed by atoms with Gasteiger partial charge in [0.1, 0.15) is 34.9 Å². The van der Waals surface area contributed by atoms with Gasteiger partial charge in [0.15, 0.2) is 0 Å². The van der Waals surface area contributed by atoms with Gasteiger partial charge in [-0.3, -0.25) is 0 Å². The van der Waals surface area contributed by atoms with E-state index in [0.29, 0.717) is 16.7 Å². The van der Waals surface area contributed by atoms with Gasteiger partial charge in [-0.1, -0.05) is 72.9 Å². The first kappa shape index (κ1) is 32.8. The molecule has 0 aromatic heterocycles. The van der Waals surface area contributed by atoms with Crippen LogP contribution in [-0.4, -0.2) is 0 Å². The number of hydrogen-bond acceptors (Lipinski definition) is 1. The van der Waals surface area contributed by atoms with Crippen LogP contribution in [0.1, 0.15) is 33.4 Å². The fraction of sp³-hybridized carbons (Fsp3) is 0. The van der Waals surface area contributed by atoms with E-state index >= 15 is 0 Å². The Kier molecular flexibility index (Phi) is 9.91. The highest BCUT2D eigenvalue weighted by Gasteiger charge is 2.13. The zero-order valence-electron chi connectivity index (χ0n) is 25.8. The number of benzene rings is 6. The molecule has 242 valence electrons. The van der Waals surface area contributed by atoms with Gasteiger partial charge in [0.05, 0.1) is 0 Å². The zero-order valence-corrected chi connectivity index (χ0v) is 25.8. The van der Waals surface area contributed by atoms with E-state index in [1.54, 1.807) is 36.5 Å². The third-order valence-electron chi connectivity index (χ3n) is 7.51. The van der Waals surface area contributed by atoms with Crippen LogP contribution < -0.4 is 4.90 Å². The highest BCUT2D eigenvalue weighted by Crippen LogP contribution is 2.35. The predicted octanol–water partition coefficient (Wildman–Crippen LogP) is 12.5. The first-order valence-electron chi connectivity index (χ1n) is 15.2. The molecule has 0 aliphatic carbocycles. The van der Waals surface area contributed by atoms with Gasteiger partial charge in [-0.2, -0.15) is 0 Å². The highest BCUT2D eigenvalue weighted by atomic mass is 19.2. The molecule has 0 saturated carbocycles. The summed E-state index contributed by atoms with van der Waals surface area (Å²) in [5.41, 5.74) is 6.12. The van der Waals surface area contributed by atoms with Crippen molar-refractivity contribution in [3.05, 3.63) is 196 Å². The van der Waals surface area contributed by atoms with Crippen LogP contribution in [0.25, 0.3) is 36.5 Å². The Morgan fingerprint density at radius 3 is 0.694 bits per heavy atom. The summed E-state index contributed by atoms with van der Waals surface area (Å²) in [6, 6.07) is 32.8. The van der Waals surface area contributed by atoms with E-state index in [-0.39, 0.29) is 0 Å². The van der Waals surface area contributed by atoms with E-state index in [0.717, 1.165) is 52.0 Å². The maximum atomic E-state index is 13.6. The molecule has 0 N–H and O–H groups in total. The highest BCUT2D eigenvalue weighted by molar-refractivity contribution is 5.80. The molecular formula is C42H27F6N. The lowest BCUT2D eigenvalue weighted by molar-refractivity contribution is 0.582. The summed E-state index contributed by atoms with van der Waals surface area (Å²) in [5, 5.41) is 0. The van der Waals surface area contributed by atoms with E-state index in [1.807, 2.05) is 77.7 Å². The first-order chi connectivity index (χ1) is 23.7. The Balaban J connectivity index is 1.28. The summed E-state index contributed by atoms with van der Waals surface area (Å²) in [6.45, 7) is 0. The van der Waals surface area contributed by atoms with E-state index in [2.05, 4.69) is 0 Å². The molecule has 0 radical (unpaired) electrons. The zero-order chi connectivity index (χ0) is 34.3. The molecular weight excluding hydrogens is 632 g/mol. The van der Waals surface area contributed by atoms with Gasteiger partial charge in [-0.15, -0.1) is 0 Å². The third kappa shape index (κ3) is 8.84.